The first-order chi connectivity index (χ1) is 6.56. The molecule has 2 nitrogen and oxygen atoms in total. The van der Waals surface area contributed by atoms with Crippen LogP contribution in [0.2, 0.25) is 0 Å². The van der Waals surface area contributed by atoms with E-state index in [1.807, 2.05) is 6.92 Å². The molecule has 2 heteroatoms. The van der Waals surface area contributed by atoms with Crippen LogP contribution in [0.5, 0.6) is 0 Å². The lowest BCUT2D eigenvalue weighted by Gasteiger charge is -2.11. The first-order valence-corrected chi connectivity index (χ1v) is 4.71. The van der Waals surface area contributed by atoms with Gasteiger partial charge in [-0.15, -0.1) is 0 Å². The first-order valence-electron chi connectivity index (χ1n) is 4.71. The summed E-state index contributed by atoms with van der Waals surface area (Å²) in [6.45, 7) is 13.8. The van der Waals surface area contributed by atoms with Crippen molar-refractivity contribution in [2.24, 2.45) is 5.92 Å². The lowest BCUT2D eigenvalue weighted by atomic mass is 10.00. The largest absolute Gasteiger partial charge is 0.252 e. The smallest absolute Gasteiger partial charge is 0.0915 e. The highest BCUT2D eigenvalue weighted by Gasteiger charge is 2.09. The van der Waals surface area contributed by atoms with Crippen molar-refractivity contribution in [1.82, 2.24) is 9.97 Å². The van der Waals surface area contributed by atoms with E-state index in [0.29, 0.717) is 5.92 Å². The Morgan fingerprint density at radius 2 is 2.14 bits per heavy atom. The van der Waals surface area contributed by atoms with Crippen LogP contribution in [0.25, 0.3) is 11.6 Å². The Kier molecular flexibility index (Phi) is 3.18. The minimum Gasteiger partial charge on any atom is -0.252 e. The highest BCUT2D eigenvalue weighted by atomic mass is 14.8. The average Bonchev–Trinajstić information content (AvgIpc) is 2.16. The second-order valence-electron chi connectivity index (χ2n) is 3.63. The summed E-state index contributed by atoms with van der Waals surface area (Å²) >= 11 is 0. The van der Waals surface area contributed by atoms with Crippen LogP contribution in [0.15, 0.2) is 19.4 Å². The number of aromatic nitrogens is 2. The maximum Gasteiger partial charge on any atom is 0.0915 e. The number of aryl methyl sites for hydroxylation is 1. The first kappa shape index (κ1) is 10.6. The van der Waals surface area contributed by atoms with Gasteiger partial charge >= 0.3 is 0 Å². The number of allylic oxidation sites excluding steroid dienone is 1. The van der Waals surface area contributed by atoms with Gasteiger partial charge in [-0.1, -0.05) is 27.0 Å². The fourth-order valence-electron chi connectivity index (χ4n) is 1.16. The molecule has 1 aromatic heterocycles. The Hall–Kier alpha value is -1.44. The molecule has 14 heavy (non-hydrogen) atoms. The van der Waals surface area contributed by atoms with E-state index < -0.39 is 0 Å². The van der Waals surface area contributed by atoms with Crippen LogP contribution in [0.3, 0.4) is 0 Å². The van der Waals surface area contributed by atoms with Gasteiger partial charge in [-0.2, -0.15) is 0 Å². The Morgan fingerprint density at radius 1 is 1.50 bits per heavy atom. The normalized spacial score (nSPS) is 10.3. The molecule has 0 spiro atoms. The van der Waals surface area contributed by atoms with Crippen LogP contribution < -0.4 is 0 Å². The molecular weight excluding hydrogens is 172 g/mol. The van der Waals surface area contributed by atoms with Crippen molar-refractivity contribution in [3.8, 4) is 0 Å². The standard InChI is InChI=1S/C12H16N2/c1-6-11-12(10(5)8(2)3)13-7-9(4)14-11/h6-8H,1,5H2,2-4H3. The van der Waals surface area contributed by atoms with Gasteiger partial charge in [0.1, 0.15) is 0 Å². The fraction of sp³-hybridized carbons (Fsp3) is 0.333. The predicted octanol–water partition coefficient (Wildman–Crippen LogP) is 3.10. The Balaban J connectivity index is 3.20. The summed E-state index contributed by atoms with van der Waals surface area (Å²) in [5.74, 6) is 0.380. The van der Waals surface area contributed by atoms with Crippen LogP contribution in [-0.2, 0) is 0 Å². The van der Waals surface area contributed by atoms with E-state index in [-0.39, 0.29) is 0 Å². The third kappa shape index (κ3) is 2.08. The van der Waals surface area contributed by atoms with Gasteiger partial charge in [-0.25, -0.2) is 4.98 Å². The van der Waals surface area contributed by atoms with E-state index in [4.69, 9.17) is 0 Å². The van der Waals surface area contributed by atoms with Gasteiger partial charge in [0, 0.05) is 6.20 Å². The summed E-state index contributed by atoms with van der Waals surface area (Å²) in [6, 6.07) is 0. The number of nitrogens with zero attached hydrogens (tertiary/aromatic N) is 2. The zero-order valence-electron chi connectivity index (χ0n) is 9.04. The molecular formula is C12H16N2. The monoisotopic (exact) mass is 188 g/mol. The van der Waals surface area contributed by atoms with E-state index >= 15 is 0 Å². The van der Waals surface area contributed by atoms with Crippen molar-refractivity contribution in [2.75, 3.05) is 0 Å². The van der Waals surface area contributed by atoms with Crippen LogP contribution >= 0.6 is 0 Å². The lowest BCUT2D eigenvalue weighted by molar-refractivity contribution is 0.846. The molecule has 0 atom stereocenters. The number of hydrogen-bond acceptors (Lipinski definition) is 2. The van der Waals surface area contributed by atoms with Crippen molar-refractivity contribution >= 4 is 11.6 Å². The summed E-state index contributed by atoms with van der Waals surface area (Å²) in [5.41, 5.74) is 3.59. The van der Waals surface area contributed by atoms with Crippen molar-refractivity contribution in [2.45, 2.75) is 20.8 Å². The van der Waals surface area contributed by atoms with Gasteiger partial charge in [0.25, 0.3) is 0 Å². The quantitative estimate of drug-likeness (QED) is 0.728. The summed E-state index contributed by atoms with van der Waals surface area (Å²) in [5, 5.41) is 0. The molecule has 1 heterocycles. The van der Waals surface area contributed by atoms with Gasteiger partial charge in [-0.3, -0.25) is 4.98 Å². The third-order valence-electron chi connectivity index (χ3n) is 2.11. The SMILES string of the molecule is C=Cc1nc(C)cnc1C(=C)C(C)C. The summed E-state index contributed by atoms with van der Waals surface area (Å²) in [4.78, 5) is 8.69. The van der Waals surface area contributed by atoms with E-state index in [1.165, 1.54) is 0 Å². The fourth-order valence-corrected chi connectivity index (χ4v) is 1.16. The Bertz CT molecular complexity index is 365. The molecule has 0 radical (unpaired) electrons. The van der Waals surface area contributed by atoms with Crippen molar-refractivity contribution in [3.05, 3.63) is 36.4 Å². The topological polar surface area (TPSA) is 25.8 Å². The van der Waals surface area contributed by atoms with Gasteiger partial charge < -0.3 is 0 Å². The van der Waals surface area contributed by atoms with Gasteiger partial charge in [0.15, 0.2) is 0 Å². The molecule has 0 saturated heterocycles. The molecule has 0 amide bonds. The minimum atomic E-state index is 0.380. The van der Waals surface area contributed by atoms with Crippen LogP contribution in [-0.4, -0.2) is 9.97 Å². The zero-order valence-corrected chi connectivity index (χ0v) is 9.04. The van der Waals surface area contributed by atoms with Gasteiger partial charge in [-0.05, 0) is 24.5 Å². The zero-order chi connectivity index (χ0) is 10.7. The Labute approximate surface area is 85.4 Å². The summed E-state index contributed by atoms with van der Waals surface area (Å²) in [7, 11) is 0. The van der Waals surface area contributed by atoms with Crippen LogP contribution in [0, 0.1) is 12.8 Å². The summed E-state index contributed by atoms with van der Waals surface area (Å²) < 4.78 is 0. The molecule has 0 N–H and O–H groups in total. The second kappa shape index (κ2) is 4.18. The highest BCUT2D eigenvalue weighted by molar-refractivity contribution is 5.68. The molecule has 0 aliphatic carbocycles. The molecule has 0 bridgehead atoms. The second-order valence-corrected chi connectivity index (χ2v) is 3.63. The predicted molar refractivity (Wildman–Crippen MR) is 60.7 cm³/mol. The maximum absolute atomic E-state index is 4.35. The average molecular weight is 188 g/mol. The highest BCUT2D eigenvalue weighted by Crippen LogP contribution is 2.21. The molecule has 0 unspecified atom stereocenters. The number of hydrogen-bond donors (Lipinski definition) is 0. The van der Waals surface area contributed by atoms with Crippen molar-refractivity contribution in [3.63, 3.8) is 0 Å². The lowest BCUT2D eigenvalue weighted by Crippen LogP contribution is -2.01. The Morgan fingerprint density at radius 3 is 2.64 bits per heavy atom. The van der Waals surface area contributed by atoms with Crippen molar-refractivity contribution < 1.29 is 0 Å². The molecule has 1 rings (SSSR count). The summed E-state index contributed by atoms with van der Waals surface area (Å²) in [6.07, 6.45) is 3.48. The maximum atomic E-state index is 4.35. The van der Waals surface area contributed by atoms with Gasteiger partial charge in [0.2, 0.25) is 0 Å². The minimum absolute atomic E-state index is 0.380. The molecule has 74 valence electrons. The molecule has 0 aromatic carbocycles. The molecule has 1 aromatic rings. The van der Waals surface area contributed by atoms with Crippen LogP contribution in [0.1, 0.15) is 30.9 Å². The molecule has 0 saturated carbocycles. The third-order valence-corrected chi connectivity index (χ3v) is 2.11. The molecule has 0 aliphatic rings. The van der Waals surface area contributed by atoms with E-state index in [0.717, 1.165) is 22.7 Å². The molecule has 0 fully saturated rings. The molecule has 0 aliphatic heterocycles. The van der Waals surface area contributed by atoms with Crippen molar-refractivity contribution in [1.29, 1.82) is 0 Å². The van der Waals surface area contributed by atoms with E-state index in [9.17, 15) is 0 Å². The van der Waals surface area contributed by atoms with E-state index in [1.54, 1.807) is 12.3 Å². The number of rotatable bonds is 3. The van der Waals surface area contributed by atoms with Crippen LogP contribution in [0.4, 0.5) is 0 Å². The van der Waals surface area contributed by atoms with Gasteiger partial charge in [0.05, 0.1) is 17.1 Å². The van der Waals surface area contributed by atoms with E-state index in [2.05, 4.69) is 37.0 Å².